The minimum Gasteiger partial charge on any atom is -0.470 e. The third-order valence-corrected chi connectivity index (χ3v) is 4.66. The molecule has 2 aromatic rings. The zero-order valence-electron chi connectivity index (χ0n) is 16.2. The predicted molar refractivity (Wildman–Crippen MR) is 117 cm³/mol. The molecule has 28 heavy (non-hydrogen) atoms. The molecular weight excluding hydrogens is 346 g/mol. The third kappa shape index (κ3) is 6.39. The number of carbonyl (C=O) groups is 1. The minimum atomic E-state index is -0.539. The maximum atomic E-state index is 12.8. The van der Waals surface area contributed by atoms with Crippen LogP contribution in [0.2, 0.25) is 0 Å². The molecule has 0 N–H and O–H groups in total. The van der Waals surface area contributed by atoms with Crippen LogP contribution in [0.1, 0.15) is 58.1 Å². The molecule has 3 nitrogen and oxygen atoms in total. The van der Waals surface area contributed by atoms with Gasteiger partial charge in [0.15, 0.2) is 0 Å². The number of esters is 1. The Morgan fingerprint density at radius 2 is 1.54 bits per heavy atom. The van der Waals surface area contributed by atoms with Crippen molar-refractivity contribution in [3.05, 3.63) is 88.9 Å². The van der Waals surface area contributed by atoms with E-state index in [4.69, 9.17) is 11.3 Å². The molecule has 0 saturated heterocycles. The van der Waals surface area contributed by atoms with Crippen LogP contribution in [-0.2, 0) is 9.53 Å². The highest BCUT2D eigenvalue weighted by molar-refractivity contribution is 6.03. The molecule has 0 spiro atoms. The second kappa shape index (κ2) is 12.5. The van der Waals surface area contributed by atoms with E-state index in [9.17, 15) is 4.79 Å². The average Bonchev–Trinajstić information content (AvgIpc) is 2.73. The van der Waals surface area contributed by atoms with E-state index in [1.54, 1.807) is 0 Å². The van der Waals surface area contributed by atoms with Crippen LogP contribution < -0.4 is 0 Å². The second-order valence-corrected chi connectivity index (χ2v) is 6.58. The highest BCUT2D eigenvalue weighted by atomic mass is 16.5. The van der Waals surface area contributed by atoms with E-state index < -0.39 is 5.97 Å². The van der Waals surface area contributed by atoms with Crippen molar-refractivity contribution in [1.82, 2.24) is 0 Å². The summed E-state index contributed by atoms with van der Waals surface area (Å²) in [5, 5.41) is 0. The van der Waals surface area contributed by atoms with E-state index in [0.717, 1.165) is 36.8 Å². The molecule has 2 rings (SSSR count). The lowest BCUT2D eigenvalue weighted by Gasteiger charge is -2.16. The average molecular weight is 378 g/mol. The zero-order valence-corrected chi connectivity index (χ0v) is 16.2. The van der Waals surface area contributed by atoms with Crippen molar-refractivity contribution < 1.29 is 9.53 Å². The second-order valence-electron chi connectivity index (χ2n) is 6.58. The van der Waals surface area contributed by atoms with Gasteiger partial charge in [0.05, 0.1) is 13.2 Å². The molecule has 0 radical (unpaired) electrons. The van der Waals surface area contributed by atoms with Gasteiger partial charge < -0.3 is 4.74 Å². The molecule has 148 valence electrons. The highest BCUT2D eigenvalue weighted by Gasteiger charge is 2.21. The molecule has 0 aliphatic carbocycles. The Morgan fingerprint density at radius 1 is 1.00 bits per heavy atom. The molecule has 0 aliphatic heterocycles. The number of hydrogen-bond acceptors (Lipinski definition) is 2. The van der Waals surface area contributed by atoms with Crippen LogP contribution in [0, 0.1) is 12.5 Å². The van der Waals surface area contributed by atoms with Crippen LogP contribution in [0.3, 0.4) is 0 Å². The third-order valence-electron chi connectivity index (χ3n) is 4.66. The Bertz CT molecular complexity index is 747. The summed E-state index contributed by atoms with van der Waals surface area (Å²) < 4.78 is 5.56. The van der Waals surface area contributed by atoms with Crippen molar-refractivity contribution in [3.63, 3.8) is 0 Å². The molecule has 3 heteroatoms. The summed E-state index contributed by atoms with van der Waals surface area (Å²) in [6.07, 6.45) is 4.26. The number of benzene rings is 2. The Balaban J connectivity index is 0.00000392. The van der Waals surface area contributed by atoms with Gasteiger partial charge in [0.2, 0.25) is 0 Å². The maximum absolute atomic E-state index is 12.8. The van der Waals surface area contributed by atoms with Gasteiger partial charge in [-0.2, -0.15) is 0 Å². The van der Waals surface area contributed by atoms with Gasteiger partial charge in [0.1, 0.15) is 0 Å². The first-order valence-corrected chi connectivity index (χ1v) is 9.60. The molecule has 1 unspecified atom stereocenters. The lowest BCUT2D eigenvalue weighted by molar-refractivity contribution is -0.140. The maximum Gasteiger partial charge on any atom is 0.336 e. The Hall–Kier alpha value is -2.86. The number of hydrogen-bond donors (Lipinski definition) is 0. The fourth-order valence-electron chi connectivity index (χ4n) is 3.01. The lowest BCUT2D eigenvalue weighted by Crippen LogP contribution is -2.15. The van der Waals surface area contributed by atoms with Gasteiger partial charge in [-0.3, -0.25) is 4.79 Å². The predicted octanol–water partition coefficient (Wildman–Crippen LogP) is 6.76. The van der Waals surface area contributed by atoms with Crippen molar-refractivity contribution in [3.8, 4) is 0 Å². The summed E-state index contributed by atoms with van der Waals surface area (Å²) in [4.78, 5) is 16.3. The van der Waals surface area contributed by atoms with E-state index in [1.165, 1.54) is 0 Å². The van der Waals surface area contributed by atoms with Crippen LogP contribution in [0.25, 0.3) is 10.4 Å². The van der Waals surface area contributed by atoms with Crippen molar-refractivity contribution in [2.45, 2.75) is 47.0 Å². The molecule has 0 aliphatic rings. The quantitative estimate of drug-likeness (QED) is 0.274. The number of rotatable bonds is 9. The molecule has 0 bridgehead atoms. The highest BCUT2D eigenvalue weighted by Crippen LogP contribution is 2.28. The number of nitrogens with zero attached hydrogens (tertiary/aromatic N) is 1. The van der Waals surface area contributed by atoms with E-state index >= 15 is 0 Å². The Morgan fingerprint density at radius 3 is 1.96 bits per heavy atom. The van der Waals surface area contributed by atoms with Crippen molar-refractivity contribution in [1.29, 1.82) is 0 Å². The zero-order chi connectivity index (χ0) is 19.5. The first kappa shape index (κ1) is 23.2. The van der Waals surface area contributed by atoms with Crippen molar-refractivity contribution >= 4 is 11.5 Å². The minimum absolute atomic E-state index is 0. The van der Waals surface area contributed by atoms with Gasteiger partial charge in [-0.05, 0) is 23.5 Å². The number of carbonyl (C=O) groups excluding carboxylic acids is 1. The van der Waals surface area contributed by atoms with Gasteiger partial charge in [0, 0.05) is 5.57 Å². The normalized spacial score (nSPS) is 10.9. The van der Waals surface area contributed by atoms with Crippen LogP contribution in [0.5, 0.6) is 0 Å². The Labute approximate surface area is 169 Å². The van der Waals surface area contributed by atoms with Crippen molar-refractivity contribution in [2.24, 2.45) is 5.92 Å². The lowest BCUT2D eigenvalue weighted by atomic mass is 9.96. The fraction of sp³-hybridized carbons (Fsp3) is 0.360. The van der Waals surface area contributed by atoms with Gasteiger partial charge in [-0.1, -0.05) is 101 Å². The van der Waals surface area contributed by atoms with Crippen LogP contribution in [0.4, 0.5) is 0 Å². The monoisotopic (exact) mass is 377 g/mol. The number of unbranched alkanes of at least 4 members (excludes halogenated alkanes) is 1. The molecule has 1 atom stereocenters. The molecule has 2 aromatic carbocycles. The van der Waals surface area contributed by atoms with Gasteiger partial charge in [0.25, 0.3) is 5.70 Å². The molecule has 0 amide bonds. The van der Waals surface area contributed by atoms with Gasteiger partial charge in [-0.25, -0.2) is 4.85 Å². The fourth-order valence-corrected chi connectivity index (χ4v) is 3.01. The van der Waals surface area contributed by atoms with Crippen molar-refractivity contribution in [2.75, 3.05) is 6.61 Å². The Kier molecular flexibility index (Phi) is 10.4. The standard InChI is InChI=1S/C24H27NO2.CH4/c1-4-6-13-19(5-2)18-27-24(26)23(25-3)22(20-14-9-7-10-15-20)21-16-11-8-12-17-21;/h7-12,14-17,19H,4-6,13,18H2,1-2H3;1H4. The van der Waals surface area contributed by atoms with Crippen LogP contribution >= 0.6 is 0 Å². The van der Waals surface area contributed by atoms with E-state index in [-0.39, 0.29) is 13.1 Å². The first-order valence-electron chi connectivity index (χ1n) is 9.60. The van der Waals surface area contributed by atoms with E-state index in [0.29, 0.717) is 18.1 Å². The summed E-state index contributed by atoms with van der Waals surface area (Å²) in [6, 6.07) is 19.1. The van der Waals surface area contributed by atoms with E-state index in [2.05, 4.69) is 18.7 Å². The summed E-state index contributed by atoms with van der Waals surface area (Å²) in [5.41, 5.74) is 2.34. The molecule has 0 heterocycles. The van der Waals surface area contributed by atoms with Crippen LogP contribution in [0.15, 0.2) is 66.4 Å². The molecule has 0 aromatic heterocycles. The SMILES string of the molecule is C.[C-]#[N+]C(C(=O)OCC(CC)CCCC)=C(c1ccccc1)c1ccccc1. The molecular formula is C25H31NO2. The smallest absolute Gasteiger partial charge is 0.336 e. The number of ether oxygens (including phenoxy) is 1. The van der Waals surface area contributed by atoms with Gasteiger partial charge in [-0.15, -0.1) is 0 Å². The summed E-state index contributed by atoms with van der Waals surface area (Å²) >= 11 is 0. The summed E-state index contributed by atoms with van der Waals surface area (Å²) in [7, 11) is 0. The molecule has 0 fully saturated rings. The summed E-state index contributed by atoms with van der Waals surface area (Å²) in [6.45, 7) is 12.3. The van der Waals surface area contributed by atoms with Gasteiger partial charge >= 0.3 is 5.97 Å². The summed E-state index contributed by atoms with van der Waals surface area (Å²) in [5.74, 6) is -0.194. The van der Waals surface area contributed by atoms with E-state index in [1.807, 2.05) is 60.7 Å². The molecule has 0 saturated carbocycles. The largest absolute Gasteiger partial charge is 0.470 e. The first-order chi connectivity index (χ1) is 13.2. The van der Waals surface area contributed by atoms with Crippen LogP contribution in [-0.4, -0.2) is 12.6 Å². The topological polar surface area (TPSA) is 30.7 Å².